The van der Waals surface area contributed by atoms with Gasteiger partial charge in [-0.05, 0) is 51.6 Å². The normalized spacial score (nSPS) is 10.8. The highest BCUT2D eigenvalue weighted by atomic mass is 16.4. The summed E-state index contributed by atoms with van der Waals surface area (Å²) >= 11 is 0. The van der Waals surface area contributed by atoms with E-state index in [1.54, 1.807) is 12.1 Å². The van der Waals surface area contributed by atoms with Crippen molar-refractivity contribution in [2.24, 2.45) is 0 Å². The molecule has 0 aliphatic carbocycles. The van der Waals surface area contributed by atoms with Crippen molar-refractivity contribution in [1.29, 1.82) is 0 Å². The second-order valence-electron chi connectivity index (χ2n) is 6.40. The van der Waals surface area contributed by atoms with Crippen LogP contribution in [-0.2, 0) is 6.42 Å². The molecule has 0 saturated carbocycles. The Kier molecular flexibility index (Phi) is 4.24. The molecule has 0 amide bonds. The summed E-state index contributed by atoms with van der Waals surface area (Å²) in [6.45, 7) is 0. The van der Waals surface area contributed by atoms with Gasteiger partial charge in [0.25, 0.3) is 0 Å². The largest absolute Gasteiger partial charge is 0.478 e. The van der Waals surface area contributed by atoms with E-state index in [0.29, 0.717) is 12.0 Å². The average Bonchev–Trinajstić information content (AvgIpc) is 2.68. The van der Waals surface area contributed by atoms with E-state index < -0.39 is 5.97 Å². The highest BCUT2D eigenvalue weighted by molar-refractivity contribution is 5.89. The quantitative estimate of drug-likeness (QED) is 0.511. The van der Waals surface area contributed by atoms with Gasteiger partial charge in [0.15, 0.2) is 0 Å². The number of rotatable bonds is 4. The van der Waals surface area contributed by atoms with Crippen molar-refractivity contribution >= 4 is 16.7 Å². The zero-order chi connectivity index (χ0) is 17.9. The maximum Gasteiger partial charge on any atom is 0.335 e. The lowest BCUT2D eigenvalue weighted by molar-refractivity contribution is 0.0696. The maximum atomic E-state index is 11.4. The van der Waals surface area contributed by atoms with Gasteiger partial charge in [0.05, 0.1) is 5.56 Å². The Morgan fingerprint density at radius 2 is 1.42 bits per heavy atom. The van der Waals surface area contributed by atoms with Gasteiger partial charge >= 0.3 is 5.97 Å². The number of fused-ring (bicyclic) bond motifs is 1. The van der Waals surface area contributed by atoms with Crippen LogP contribution in [0.25, 0.3) is 21.9 Å². The fourth-order valence-corrected chi connectivity index (χ4v) is 3.33. The lowest BCUT2D eigenvalue weighted by Crippen LogP contribution is -2.02. The van der Waals surface area contributed by atoms with Crippen LogP contribution in [0.3, 0.4) is 0 Å². The highest BCUT2D eigenvalue weighted by Gasteiger charge is 2.10. The van der Waals surface area contributed by atoms with Crippen LogP contribution < -0.4 is 0 Å². The summed E-state index contributed by atoms with van der Waals surface area (Å²) in [6.07, 6.45) is 0.601. The molecule has 4 rings (SSSR count). The molecule has 0 saturated heterocycles. The number of benzene rings is 4. The van der Waals surface area contributed by atoms with Gasteiger partial charge in [-0.1, -0.05) is 78.9 Å². The zero-order valence-electron chi connectivity index (χ0n) is 14.2. The maximum absolute atomic E-state index is 11.4. The SMILES string of the molecule is O=C(O)c1ccccc1Cc1cccc(-c2ccc3ccccc3c2)c1. The van der Waals surface area contributed by atoms with Gasteiger partial charge in [-0.25, -0.2) is 4.79 Å². The third-order valence-electron chi connectivity index (χ3n) is 4.65. The molecule has 0 aromatic heterocycles. The van der Waals surface area contributed by atoms with E-state index in [-0.39, 0.29) is 0 Å². The summed E-state index contributed by atoms with van der Waals surface area (Å²) in [6, 6.07) is 30.3. The molecule has 0 aliphatic heterocycles. The Hall–Kier alpha value is -3.39. The molecule has 4 aromatic carbocycles. The molecule has 0 heterocycles. The van der Waals surface area contributed by atoms with Crippen molar-refractivity contribution in [3.63, 3.8) is 0 Å². The van der Waals surface area contributed by atoms with E-state index in [9.17, 15) is 9.90 Å². The first-order chi connectivity index (χ1) is 12.7. The van der Waals surface area contributed by atoms with Crippen molar-refractivity contribution in [3.05, 3.63) is 108 Å². The van der Waals surface area contributed by atoms with Gasteiger partial charge in [0.2, 0.25) is 0 Å². The summed E-state index contributed by atoms with van der Waals surface area (Å²) < 4.78 is 0. The summed E-state index contributed by atoms with van der Waals surface area (Å²) in [7, 11) is 0. The highest BCUT2D eigenvalue weighted by Crippen LogP contribution is 2.26. The smallest absolute Gasteiger partial charge is 0.335 e. The van der Waals surface area contributed by atoms with Crippen LogP contribution >= 0.6 is 0 Å². The van der Waals surface area contributed by atoms with Crippen molar-refractivity contribution in [1.82, 2.24) is 0 Å². The number of carboxylic acid groups (broad SMARTS) is 1. The van der Waals surface area contributed by atoms with Crippen molar-refractivity contribution in [2.45, 2.75) is 6.42 Å². The lowest BCUT2D eigenvalue weighted by Gasteiger charge is -2.09. The standard InChI is InChI=1S/C24H18O2/c25-24(26)23-11-4-3-9-22(23)15-17-6-5-10-19(14-17)21-13-12-18-7-1-2-8-20(18)16-21/h1-14,16H,15H2,(H,25,26). The molecule has 126 valence electrons. The third kappa shape index (κ3) is 3.22. The van der Waals surface area contributed by atoms with E-state index in [2.05, 4.69) is 42.5 Å². The molecule has 26 heavy (non-hydrogen) atoms. The van der Waals surface area contributed by atoms with Crippen molar-refractivity contribution in [2.75, 3.05) is 0 Å². The van der Waals surface area contributed by atoms with Gasteiger partial charge in [0.1, 0.15) is 0 Å². The fraction of sp³-hybridized carbons (Fsp3) is 0.0417. The molecule has 0 unspecified atom stereocenters. The van der Waals surface area contributed by atoms with Gasteiger partial charge < -0.3 is 5.11 Å². The molecule has 2 nitrogen and oxygen atoms in total. The molecule has 2 heteroatoms. The Balaban J connectivity index is 1.69. The molecule has 0 radical (unpaired) electrons. The minimum Gasteiger partial charge on any atom is -0.478 e. The number of hydrogen-bond donors (Lipinski definition) is 1. The molecule has 0 aliphatic rings. The van der Waals surface area contributed by atoms with E-state index in [1.807, 2.05) is 36.4 Å². The molecule has 1 N–H and O–H groups in total. The first-order valence-electron chi connectivity index (χ1n) is 8.60. The van der Waals surface area contributed by atoms with Crippen LogP contribution in [-0.4, -0.2) is 11.1 Å². The van der Waals surface area contributed by atoms with Crippen LogP contribution in [0.5, 0.6) is 0 Å². The average molecular weight is 338 g/mol. The second kappa shape index (κ2) is 6.85. The first-order valence-corrected chi connectivity index (χ1v) is 8.60. The monoisotopic (exact) mass is 338 g/mol. The molecular formula is C24H18O2. The van der Waals surface area contributed by atoms with Crippen LogP contribution in [0.1, 0.15) is 21.5 Å². The minimum atomic E-state index is -0.883. The number of hydrogen-bond acceptors (Lipinski definition) is 1. The van der Waals surface area contributed by atoms with Crippen LogP contribution in [0, 0.1) is 0 Å². The van der Waals surface area contributed by atoms with Crippen LogP contribution in [0.15, 0.2) is 91.0 Å². The summed E-state index contributed by atoms with van der Waals surface area (Å²) in [5.74, 6) is -0.883. The molecule has 4 aromatic rings. The lowest BCUT2D eigenvalue weighted by atomic mass is 9.96. The molecule has 0 atom stereocenters. The van der Waals surface area contributed by atoms with Gasteiger partial charge in [-0.15, -0.1) is 0 Å². The molecule has 0 bridgehead atoms. The summed E-state index contributed by atoms with van der Waals surface area (Å²) in [5, 5.41) is 11.8. The molecular weight excluding hydrogens is 320 g/mol. The molecule has 0 spiro atoms. The van der Waals surface area contributed by atoms with Gasteiger partial charge in [-0.2, -0.15) is 0 Å². The Bertz CT molecular complexity index is 1100. The van der Waals surface area contributed by atoms with Crippen LogP contribution in [0.2, 0.25) is 0 Å². The Labute approximate surface area is 152 Å². The predicted octanol–water partition coefficient (Wildman–Crippen LogP) is 5.80. The third-order valence-corrected chi connectivity index (χ3v) is 4.65. The first kappa shape index (κ1) is 16.1. The zero-order valence-corrected chi connectivity index (χ0v) is 14.2. The number of aromatic carboxylic acids is 1. The summed E-state index contributed by atoms with van der Waals surface area (Å²) in [4.78, 5) is 11.4. The van der Waals surface area contributed by atoms with E-state index in [0.717, 1.165) is 22.3 Å². The Morgan fingerprint density at radius 3 is 2.27 bits per heavy atom. The minimum absolute atomic E-state index is 0.364. The van der Waals surface area contributed by atoms with Gasteiger partial charge in [0, 0.05) is 0 Å². The van der Waals surface area contributed by atoms with E-state index >= 15 is 0 Å². The predicted molar refractivity (Wildman–Crippen MR) is 106 cm³/mol. The van der Waals surface area contributed by atoms with Gasteiger partial charge in [-0.3, -0.25) is 0 Å². The van der Waals surface area contributed by atoms with E-state index in [4.69, 9.17) is 0 Å². The van der Waals surface area contributed by atoms with Crippen LogP contribution in [0.4, 0.5) is 0 Å². The fourth-order valence-electron chi connectivity index (χ4n) is 3.33. The summed E-state index contributed by atoms with van der Waals surface area (Å²) in [5.41, 5.74) is 4.60. The topological polar surface area (TPSA) is 37.3 Å². The van der Waals surface area contributed by atoms with Crippen molar-refractivity contribution < 1.29 is 9.90 Å². The Morgan fingerprint density at radius 1 is 0.692 bits per heavy atom. The second-order valence-corrected chi connectivity index (χ2v) is 6.40. The number of carbonyl (C=O) groups is 1. The molecule has 0 fully saturated rings. The van der Waals surface area contributed by atoms with E-state index in [1.165, 1.54) is 10.8 Å². The number of carboxylic acids is 1. The van der Waals surface area contributed by atoms with Crippen molar-refractivity contribution in [3.8, 4) is 11.1 Å².